The van der Waals surface area contributed by atoms with E-state index in [2.05, 4.69) is 34.0 Å². The van der Waals surface area contributed by atoms with Gasteiger partial charge in [0.2, 0.25) is 5.89 Å². The molecule has 2 rings (SSSR count). The van der Waals surface area contributed by atoms with E-state index in [4.69, 9.17) is 10.3 Å². The van der Waals surface area contributed by atoms with E-state index in [0.717, 1.165) is 17.2 Å². The van der Waals surface area contributed by atoms with Crippen LogP contribution in [0.3, 0.4) is 0 Å². The summed E-state index contributed by atoms with van der Waals surface area (Å²) >= 11 is 1.80. The second-order valence-electron chi connectivity index (χ2n) is 4.85. The van der Waals surface area contributed by atoms with Crippen molar-refractivity contribution in [1.82, 2.24) is 20.1 Å². The highest BCUT2D eigenvalue weighted by Crippen LogP contribution is 2.16. The molecule has 0 aromatic carbocycles. The number of hydrogen-bond acceptors (Lipinski definition) is 6. The van der Waals surface area contributed by atoms with Gasteiger partial charge in [-0.1, -0.05) is 19.0 Å². The normalized spacial score (nSPS) is 13.1. The zero-order chi connectivity index (χ0) is 13.7. The fraction of sp³-hybridized carbons (Fsp3) is 0.583. The Morgan fingerprint density at radius 3 is 3.00 bits per heavy atom. The molecule has 0 fully saturated rings. The second kappa shape index (κ2) is 6.72. The van der Waals surface area contributed by atoms with Gasteiger partial charge in [0.15, 0.2) is 5.82 Å². The molecule has 0 aliphatic carbocycles. The van der Waals surface area contributed by atoms with Gasteiger partial charge in [0.25, 0.3) is 0 Å². The van der Waals surface area contributed by atoms with E-state index >= 15 is 0 Å². The molecule has 7 heteroatoms. The Labute approximate surface area is 116 Å². The van der Waals surface area contributed by atoms with E-state index < -0.39 is 0 Å². The molecule has 0 radical (unpaired) electrons. The number of H-pyrrole nitrogens is 1. The van der Waals surface area contributed by atoms with Crippen molar-refractivity contribution in [2.24, 2.45) is 11.7 Å². The molecule has 2 aromatic heterocycles. The molecule has 3 N–H and O–H groups in total. The Bertz CT molecular complexity index is 482. The Morgan fingerprint density at radius 1 is 1.47 bits per heavy atom. The molecule has 0 aliphatic rings. The molecule has 0 saturated heterocycles. The zero-order valence-electron chi connectivity index (χ0n) is 11.2. The minimum atomic E-state index is -0.295. The van der Waals surface area contributed by atoms with Crippen LogP contribution in [0.1, 0.15) is 37.3 Å². The van der Waals surface area contributed by atoms with Crippen molar-refractivity contribution in [2.45, 2.75) is 32.1 Å². The van der Waals surface area contributed by atoms with E-state index in [9.17, 15) is 0 Å². The molecule has 104 valence electrons. The van der Waals surface area contributed by atoms with Crippen LogP contribution in [0.15, 0.2) is 17.0 Å². The van der Waals surface area contributed by atoms with Gasteiger partial charge in [-0.2, -0.15) is 16.7 Å². The summed E-state index contributed by atoms with van der Waals surface area (Å²) in [6, 6.07) is -0.295. The maximum atomic E-state index is 6.03. The number of rotatable bonds is 7. The van der Waals surface area contributed by atoms with Crippen LogP contribution >= 0.6 is 11.8 Å². The second-order valence-corrected chi connectivity index (χ2v) is 5.88. The number of aromatic amines is 1. The first-order chi connectivity index (χ1) is 9.15. The van der Waals surface area contributed by atoms with Crippen LogP contribution < -0.4 is 5.73 Å². The van der Waals surface area contributed by atoms with Crippen molar-refractivity contribution >= 4 is 11.8 Å². The largest absolute Gasteiger partial charge is 0.348 e. The van der Waals surface area contributed by atoms with Gasteiger partial charge >= 0.3 is 0 Å². The molecular formula is C12H19N5OS. The Balaban J connectivity index is 1.85. The summed E-state index contributed by atoms with van der Waals surface area (Å²) in [4.78, 5) is 11.3. The summed E-state index contributed by atoms with van der Waals surface area (Å²) in [7, 11) is 0. The summed E-state index contributed by atoms with van der Waals surface area (Å²) in [5.41, 5.74) is 6.99. The molecule has 19 heavy (non-hydrogen) atoms. The molecule has 1 atom stereocenters. The summed E-state index contributed by atoms with van der Waals surface area (Å²) in [6.07, 6.45) is 3.99. The lowest BCUT2D eigenvalue weighted by molar-refractivity contribution is 0.350. The first-order valence-corrected chi connectivity index (χ1v) is 7.43. The van der Waals surface area contributed by atoms with Gasteiger partial charge in [0.05, 0.1) is 18.1 Å². The lowest BCUT2D eigenvalue weighted by atomic mass is 10.2. The predicted molar refractivity (Wildman–Crippen MR) is 74.5 cm³/mol. The van der Waals surface area contributed by atoms with Crippen LogP contribution in [-0.2, 0) is 12.2 Å². The topological polar surface area (TPSA) is 93.6 Å². The maximum Gasteiger partial charge on any atom is 0.243 e. The van der Waals surface area contributed by atoms with Crippen molar-refractivity contribution < 1.29 is 4.52 Å². The average Bonchev–Trinajstić information content (AvgIpc) is 2.99. The van der Waals surface area contributed by atoms with E-state index in [1.165, 1.54) is 0 Å². The predicted octanol–water partition coefficient (Wildman–Crippen LogP) is 1.92. The third-order valence-corrected chi connectivity index (χ3v) is 3.84. The number of thioether (sulfide) groups is 1. The summed E-state index contributed by atoms with van der Waals surface area (Å²) in [6.45, 7) is 4.38. The maximum absolute atomic E-state index is 6.03. The average molecular weight is 281 g/mol. The van der Waals surface area contributed by atoms with Crippen LogP contribution in [0.5, 0.6) is 0 Å². The first kappa shape index (κ1) is 14.1. The van der Waals surface area contributed by atoms with Crippen molar-refractivity contribution in [3.63, 3.8) is 0 Å². The van der Waals surface area contributed by atoms with Crippen LogP contribution in [0.4, 0.5) is 0 Å². The van der Waals surface area contributed by atoms with Crippen molar-refractivity contribution in [1.29, 1.82) is 0 Å². The van der Waals surface area contributed by atoms with E-state index in [-0.39, 0.29) is 6.04 Å². The van der Waals surface area contributed by atoms with E-state index in [0.29, 0.717) is 24.1 Å². The molecule has 0 spiro atoms. The van der Waals surface area contributed by atoms with Gasteiger partial charge < -0.3 is 15.2 Å². The van der Waals surface area contributed by atoms with Crippen LogP contribution in [-0.4, -0.2) is 25.9 Å². The quantitative estimate of drug-likeness (QED) is 0.805. The highest BCUT2D eigenvalue weighted by Gasteiger charge is 2.16. The number of nitrogens with one attached hydrogen (secondary N) is 1. The number of nitrogens with two attached hydrogens (primary N) is 1. The number of hydrogen-bond donors (Lipinski definition) is 2. The molecule has 0 bridgehead atoms. The summed E-state index contributed by atoms with van der Waals surface area (Å²) < 4.78 is 5.20. The van der Waals surface area contributed by atoms with Crippen molar-refractivity contribution in [3.8, 4) is 0 Å². The minimum absolute atomic E-state index is 0.295. The molecule has 0 saturated carbocycles. The van der Waals surface area contributed by atoms with Gasteiger partial charge in [-0.25, -0.2) is 4.98 Å². The van der Waals surface area contributed by atoms with Gasteiger partial charge in [-0.3, -0.25) is 0 Å². The highest BCUT2D eigenvalue weighted by molar-refractivity contribution is 7.98. The van der Waals surface area contributed by atoms with Crippen LogP contribution in [0.2, 0.25) is 0 Å². The Kier molecular flexibility index (Phi) is 4.98. The van der Waals surface area contributed by atoms with Crippen LogP contribution in [0.25, 0.3) is 0 Å². The molecule has 2 aromatic rings. The summed E-state index contributed by atoms with van der Waals surface area (Å²) in [5.74, 6) is 3.71. The van der Waals surface area contributed by atoms with E-state index in [1.54, 1.807) is 24.3 Å². The summed E-state index contributed by atoms with van der Waals surface area (Å²) in [5, 5.41) is 3.95. The van der Waals surface area contributed by atoms with Gasteiger partial charge in [-0.15, -0.1) is 0 Å². The molecule has 0 aliphatic heterocycles. The first-order valence-electron chi connectivity index (χ1n) is 6.28. The number of imidazole rings is 1. The minimum Gasteiger partial charge on any atom is -0.348 e. The third kappa shape index (κ3) is 4.36. The molecular weight excluding hydrogens is 262 g/mol. The fourth-order valence-electron chi connectivity index (χ4n) is 1.58. The van der Waals surface area contributed by atoms with Crippen molar-refractivity contribution in [3.05, 3.63) is 29.9 Å². The fourth-order valence-corrected chi connectivity index (χ4v) is 2.47. The monoisotopic (exact) mass is 281 g/mol. The Morgan fingerprint density at radius 2 is 2.32 bits per heavy atom. The highest BCUT2D eigenvalue weighted by atomic mass is 32.2. The molecule has 0 amide bonds. The van der Waals surface area contributed by atoms with Gasteiger partial charge in [-0.05, 0) is 11.7 Å². The van der Waals surface area contributed by atoms with Gasteiger partial charge in [0, 0.05) is 18.3 Å². The lowest BCUT2D eigenvalue weighted by Crippen LogP contribution is -2.14. The SMILES string of the molecule is CC(C)CSCc1noc([C@@H](N)Cc2cnc[nH]2)n1. The Hall–Kier alpha value is -1.34. The standard InChI is InChI=1S/C12H19N5OS/c1-8(2)5-19-6-11-16-12(18-17-11)10(13)3-9-4-14-7-15-9/h4,7-8,10H,3,5-6,13H2,1-2H3,(H,14,15)/t10-/m0/s1. The lowest BCUT2D eigenvalue weighted by Gasteiger charge is -2.03. The number of nitrogens with zero attached hydrogens (tertiary/aromatic N) is 3. The smallest absolute Gasteiger partial charge is 0.243 e. The number of aromatic nitrogens is 4. The van der Waals surface area contributed by atoms with Crippen molar-refractivity contribution in [2.75, 3.05) is 5.75 Å². The van der Waals surface area contributed by atoms with Crippen LogP contribution in [0, 0.1) is 5.92 Å². The molecule has 0 unspecified atom stereocenters. The molecule has 2 heterocycles. The van der Waals surface area contributed by atoms with Gasteiger partial charge in [0.1, 0.15) is 0 Å². The third-order valence-electron chi connectivity index (χ3n) is 2.48. The molecule has 6 nitrogen and oxygen atoms in total. The van der Waals surface area contributed by atoms with E-state index in [1.807, 2.05) is 0 Å². The zero-order valence-corrected chi connectivity index (χ0v) is 12.0.